The Morgan fingerprint density at radius 2 is 0.817 bits per heavy atom. The summed E-state index contributed by atoms with van der Waals surface area (Å²) in [5.41, 5.74) is 10.1. The van der Waals surface area contributed by atoms with Gasteiger partial charge in [-0.2, -0.15) is 0 Å². The van der Waals surface area contributed by atoms with Gasteiger partial charge in [0.25, 0.3) is 0 Å². The highest BCUT2D eigenvalue weighted by Crippen LogP contribution is 2.33. The van der Waals surface area contributed by atoms with Gasteiger partial charge >= 0.3 is 0 Å². The molecule has 9 aromatic rings. The van der Waals surface area contributed by atoms with E-state index in [-0.39, 0.29) is 0 Å². The van der Waals surface area contributed by atoms with Gasteiger partial charge < -0.3 is 18.9 Å². The fourth-order valence-corrected chi connectivity index (χ4v) is 7.82. The van der Waals surface area contributed by atoms with E-state index in [1.807, 2.05) is 91.1 Å². The van der Waals surface area contributed by atoms with E-state index >= 15 is 0 Å². The predicted octanol–water partition coefficient (Wildman–Crippen LogP) is 8.86. The molecule has 0 amide bonds. The minimum absolute atomic E-state index is 0.646. The van der Waals surface area contributed by atoms with Crippen molar-refractivity contribution in [2.24, 2.45) is 0 Å². The monoisotopic (exact) mass is 785 g/mol. The molecule has 0 saturated carbocycles. The lowest BCUT2D eigenvalue weighted by Crippen LogP contribution is -2.24. The highest BCUT2D eigenvalue weighted by atomic mass is 16.5. The van der Waals surface area contributed by atoms with Crippen LogP contribution < -0.4 is 34.4 Å². The molecule has 6 aromatic carbocycles. The molecule has 292 valence electrons. The lowest BCUT2D eigenvalue weighted by Gasteiger charge is -2.18. The number of ether oxygens (including phenoxy) is 4. The first-order valence-electron chi connectivity index (χ1n) is 19.6. The van der Waals surface area contributed by atoms with E-state index in [9.17, 15) is 0 Å². The first kappa shape index (κ1) is 37.7. The van der Waals surface area contributed by atoms with E-state index in [1.165, 1.54) is 0 Å². The SMILES string of the molecule is COc1ccc(C(c2ccc(OC)cc2)=c2c3ccccc3c(=C(c3ccc(OC)cc3)c3ccc(OC)cc3)c3nc(-c4cccc[nH+]4)c(-c4ccccn4)nc23)cc1. The third-order valence-corrected chi connectivity index (χ3v) is 10.7. The number of aromatic nitrogens is 4. The van der Waals surface area contributed by atoms with Crippen molar-refractivity contribution in [1.82, 2.24) is 15.0 Å². The van der Waals surface area contributed by atoms with E-state index in [1.54, 1.807) is 34.6 Å². The zero-order valence-corrected chi connectivity index (χ0v) is 33.6. The lowest BCUT2D eigenvalue weighted by molar-refractivity contribution is -0.364. The first-order valence-corrected chi connectivity index (χ1v) is 19.6. The van der Waals surface area contributed by atoms with Crippen LogP contribution >= 0.6 is 0 Å². The average Bonchev–Trinajstić information content (AvgIpc) is 3.33. The first-order chi connectivity index (χ1) is 29.6. The second-order valence-electron chi connectivity index (χ2n) is 14.1. The van der Waals surface area contributed by atoms with Crippen LogP contribution in [0.2, 0.25) is 0 Å². The number of rotatable bonds is 10. The van der Waals surface area contributed by atoms with Gasteiger partial charge in [-0.25, -0.2) is 15.0 Å². The van der Waals surface area contributed by atoms with Crippen LogP contribution in [0.25, 0.3) is 55.7 Å². The van der Waals surface area contributed by atoms with E-state index < -0.39 is 0 Å². The van der Waals surface area contributed by atoms with E-state index in [0.717, 1.165) is 88.8 Å². The minimum atomic E-state index is 0.646. The fraction of sp³-hybridized carbons (Fsp3) is 0.0769. The molecular weight excluding hydrogens is 745 g/mol. The topological polar surface area (TPSA) is 89.7 Å². The molecule has 3 aromatic heterocycles. The number of nitrogens with zero attached hydrogens (tertiary/aromatic N) is 3. The van der Waals surface area contributed by atoms with Gasteiger partial charge in [0, 0.05) is 28.8 Å². The van der Waals surface area contributed by atoms with Crippen molar-refractivity contribution in [1.29, 1.82) is 0 Å². The molecule has 3 heterocycles. The van der Waals surface area contributed by atoms with Crippen LogP contribution in [0.1, 0.15) is 22.3 Å². The van der Waals surface area contributed by atoms with Gasteiger partial charge in [-0.1, -0.05) is 78.9 Å². The van der Waals surface area contributed by atoms with Gasteiger partial charge in [0.1, 0.15) is 28.7 Å². The van der Waals surface area contributed by atoms with Gasteiger partial charge in [0.2, 0.25) is 5.69 Å². The Morgan fingerprint density at radius 1 is 0.417 bits per heavy atom. The number of pyridine rings is 2. The number of benzene rings is 6. The third-order valence-electron chi connectivity index (χ3n) is 10.7. The summed E-state index contributed by atoms with van der Waals surface area (Å²) in [6, 6.07) is 53.1. The molecule has 0 aliphatic heterocycles. The average molecular weight is 786 g/mol. The smallest absolute Gasteiger partial charge is 0.231 e. The van der Waals surface area contributed by atoms with E-state index in [4.69, 9.17) is 33.9 Å². The second-order valence-corrected chi connectivity index (χ2v) is 14.1. The Bertz CT molecular complexity index is 2770. The van der Waals surface area contributed by atoms with Gasteiger partial charge in [0.15, 0.2) is 11.9 Å². The van der Waals surface area contributed by atoms with Crippen molar-refractivity contribution in [3.8, 4) is 45.8 Å². The summed E-state index contributed by atoms with van der Waals surface area (Å²) in [4.78, 5) is 19.8. The molecule has 0 aliphatic rings. The number of nitrogens with one attached hydrogen (secondary N) is 1. The molecule has 8 heteroatoms. The summed E-state index contributed by atoms with van der Waals surface area (Å²) >= 11 is 0. The number of H-pyrrole nitrogens is 1. The van der Waals surface area contributed by atoms with Crippen molar-refractivity contribution in [3.63, 3.8) is 0 Å². The predicted molar refractivity (Wildman–Crippen MR) is 237 cm³/mol. The molecule has 0 fully saturated rings. The number of hydrogen-bond donors (Lipinski definition) is 0. The van der Waals surface area contributed by atoms with Crippen LogP contribution in [-0.4, -0.2) is 43.4 Å². The van der Waals surface area contributed by atoms with Gasteiger partial charge in [-0.3, -0.25) is 4.98 Å². The van der Waals surface area contributed by atoms with Crippen LogP contribution in [-0.2, 0) is 0 Å². The summed E-state index contributed by atoms with van der Waals surface area (Å²) in [5, 5.41) is 3.86. The van der Waals surface area contributed by atoms with Crippen molar-refractivity contribution in [2.75, 3.05) is 28.4 Å². The highest BCUT2D eigenvalue weighted by Gasteiger charge is 2.24. The molecule has 8 nitrogen and oxygen atoms in total. The fourth-order valence-electron chi connectivity index (χ4n) is 7.82. The number of aromatic amines is 1. The molecule has 9 rings (SSSR count). The number of hydrogen-bond acceptors (Lipinski definition) is 7. The third kappa shape index (κ3) is 7.05. The largest absolute Gasteiger partial charge is 0.497 e. The molecule has 0 unspecified atom stereocenters. The normalized spacial score (nSPS) is 11.0. The molecular formula is C52H41N4O4+. The van der Waals surface area contributed by atoms with Gasteiger partial charge in [-0.05, 0) is 111 Å². The maximum atomic E-state index is 5.74. The summed E-state index contributed by atoms with van der Waals surface area (Å²) in [6.45, 7) is 0. The van der Waals surface area contributed by atoms with Crippen LogP contribution in [0, 0.1) is 0 Å². The van der Waals surface area contributed by atoms with Crippen molar-refractivity contribution < 1.29 is 23.9 Å². The van der Waals surface area contributed by atoms with E-state index in [0.29, 0.717) is 22.6 Å². The summed E-state index contributed by atoms with van der Waals surface area (Å²) in [5.74, 6) is 3.05. The maximum absolute atomic E-state index is 5.74. The zero-order valence-electron chi connectivity index (χ0n) is 33.6. The van der Waals surface area contributed by atoms with Crippen LogP contribution in [0.4, 0.5) is 0 Å². The van der Waals surface area contributed by atoms with E-state index in [2.05, 4.69) is 77.8 Å². The summed E-state index contributed by atoms with van der Waals surface area (Å²) in [6.07, 6.45) is 3.69. The Kier molecular flexibility index (Phi) is 10.4. The van der Waals surface area contributed by atoms with Crippen LogP contribution in [0.5, 0.6) is 23.0 Å². The zero-order chi connectivity index (χ0) is 41.0. The second kappa shape index (κ2) is 16.6. The molecule has 0 aliphatic carbocycles. The quantitative estimate of drug-likeness (QED) is 0.128. The number of fused-ring (bicyclic) bond motifs is 2. The van der Waals surface area contributed by atoms with Crippen molar-refractivity contribution >= 4 is 33.0 Å². The molecule has 1 N–H and O–H groups in total. The van der Waals surface area contributed by atoms with Gasteiger partial charge in [0.05, 0.1) is 45.2 Å². The van der Waals surface area contributed by atoms with Gasteiger partial charge in [-0.15, -0.1) is 0 Å². The Morgan fingerprint density at radius 3 is 1.18 bits per heavy atom. The molecule has 0 atom stereocenters. The van der Waals surface area contributed by atoms with Crippen LogP contribution in [0.3, 0.4) is 0 Å². The Balaban J connectivity index is 1.60. The summed E-state index contributed by atoms with van der Waals surface area (Å²) in [7, 11) is 6.72. The Labute approximate surface area is 347 Å². The maximum Gasteiger partial charge on any atom is 0.231 e. The van der Waals surface area contributed by atoms with Crippen molar-refractivity contribution in [2.45, 2.75) is 0 Å². The molecule has 60 heavy (non-hydrogen) atoms. The summed E-state index contributed by atoms with van der Waals surface area (Å²) < 4.78 is 22.5. The van der Waals surface area contributed by atoms with Crippen molar-refractivity contribution in [3.05, 3.63) is 203 Å². The highest BCUT2D eigenvalue weighted by molar-refractivity contribution is 6.05. The molecule has 0 radical (unpaired) electrons. The minimum Gasteiger partial charge on any atom is -0.497 e. The van der Waals surface area contributed by atoms with Crippen LogP contribution in [0.15, 0.2) is 170 Å². The lowest BCUT2D eigenvalue weighted by atomic mass is 9.88. The standard InChI is InChI=1S/C52H40N4O4/c1-57-37-23-15-33(16-24-37)45(34-17-25-38(58-2)26-18-34)47-41-11-5-6-12-42(41)48(46(35-19-27-39(59-3)28-20-35)36-21-29-40(60-4)30-22-36)52-51(47)55-49(43-13-7-9-31-53-43)50(56-52)44-14-8-10-32-54-44/h5-32H,1-4H3/p+1. The Hall–Kier alpha value is -7.84. The number of methoxy groups -OCH3 is 4. The molecule has 0 bridgehead atoms. The molecule has 0 spiro atoms. The molecule has 0 saturated heterocycles.